The monoisotopic (exact) mass is 134 g/mol. The summed E-state index contributed by atoms with van der Waals surface area (Å²) in [6, 6.07) is 5.03. The predicted octanol–water partition coefficient (Wildman–Crippen LogP) is 0.739. The van der Waals surface area contributed by atoms with Crippen LogP contribution in [-0.4, -0.2) is 0 Å². The summed E-state index contributed by atoms with van der Waals surface area (Å²) < 4.78 is 0.706. The molecule has 0 unspecified atom stereocenters. The molecule has 3 nitrogen and oxygen atoms in total. The van der Waals surface area contributed by atoms with Crippen LogP contribution in [0.3, 0.4) is 0 Å². The van der Waals surface area contributed by atoms with Gasteiger partial charge in [0.15, 0.2) is 6.20 Å². The molecule has 50 valence electrons. The largest absolute Gasteiger partial charge is 0.618 e. The minimum Gasteiger partial charge on any atom is -0.618 e. The quantitative estimate of drug-likeness (QED) is 0.316. The highest BCUT2D eigenvalue weighted by Gasteiger charge is 2.03. The highest BCUT2D eigenvalue weighted by molar-refractivity contribution is 4.99. The van der Waals surface area contributed by atoms with E-state index in [-0.39, 0.29) is 6.54 Å². The molecule has 0 spiro atoms. The first-order chi connectivity index (χ1) is 4.84. The van der Waals surface area contributed by atoms with Crippen molar-refractivity contribution in [1.29, 1.82) is 0 Å². The van der Waals surface area contributed by atoms with Crippen molar-refractivity contribution in [2.24, 2.45) is 0 Å². The molecule has 10 heavy (non-hydrogen) atoms. The van der Waals surface area contributed by atoms with Gasteiger partial charge in [-0.1, -0.05) is 0 Å². The highest BCUT2D eigenvalue weighted by Crippen LogP contribution is 1.91. The summed E-state index contributed by atoms with van der Waals surface area (Å²) in [5.74, 6) is 0. The Morgan fingerprint density at radius 3 is 3.00 bits per heavy atom. The van der Waals surface area contributed by atoms with Gasteiger partial charge in [0, 0.05) is 12.1 Å². The van der Waals surface area contributed by atoms with Crippen LogP contribution in [-0.2, 0) is 6.54 Å². The number of nitrogens with zero attached hydrogens (tertiary/aromatic N) is 2. The molecular weight excluding hydrogens is 128 g/mol. The molecule has 0 aliphatic carbocycles. The van der Waals surface area contributed by atoms with Crippen LogP contribution in [0.2, 0.25) is 0 Å². The zero-order valence-corrected chi connectivity index (χ0v) is 5.32. The van der Waals surface area contributed by atoms with Gasteiger partial charge in [0.1, 0.15) is 0 Å². The van der Waals surface area contributed by atoms with E-state index in [9.17, 15) is 5.21 Å². The Balaban J connectivity index is 2.94. The molecule has 0 saturated carbocycles. The first-order valence-corrected chi connectivity index (χ1v) is 2.85. The fourth-order valence-electron chi connectivity index (χ4n) is 0.667. The third-order valence-corrected chi connectivity index (χ3v) is 1.15. The summed E-state index contributed by atoms with van der Waals surface area (Å²) in [5.41, 5.74) is 0.498. The smallest absolute Gasteiger partial charge is 0.298 e. The van der Waals surface area contributed by atoms with Crippen molar-refractivity contribution in [3.63, 3.8) is 0 Å². The van der Waals surface area contributed by atoms with Crippen molar-refractivity contribution >= 4 is 0 Å². The van der Waals surface area contributed by atoms with E-state index in [4.69, 9.17) is 6.57 Å². The minimum atomic E-state index is 0.157. The maximum Gasteiger partial charge on any atom is 0.298 e. The first-order valence-electron chi connectivity index (χ1n) is 2.85. The van der Waals surface area contributed by atoms with E-state index in [1.54, 1.807) is 18.2 Å². The van der Waals surface area contributed by atoms with Gasteiger partial charge in [-0.15, -0.1) is 0 Å². The predicted molar refractivity (Wildman–Crippen MR) is 35.7 cm³/mol. The average Bonchev–Trinajstić information content (AvgIpc) is 1.94. The summed E-state index contributed by atoms with van der Waals surface area (Å²) >= 11 is 0. The van der Waals surface area contributed by atoms with Crippen molar-refractivity contribution < 1.29 is 4.73 Å². The van der Waals surface area contributed by atoms with E-state index in [1.807, 2.05) is 0 Å². The van der Waals surface area contributed by atoms with Crippen molar-refractivity contribution in [2.45, 2.75) is 6.54 Å². The number of aromatic nitrogens is 1. The molecule has 0 radical (unpaired) electrons. The Kier molecular flexibility index (Phi) is 1.86. The third kappa shape index (κ3) is 1.23. The SMILES string of the molecule is [C-]#[N+]Cc1cccc[n+]1[O-]. The van der Waals surface area contributed by atoms with Gasteiger partial charge in [0.25, 0.3) is 12.2 Å². The Hall–Kier alpha value is -1.56. The maximum absolute atomic E-state index is 10.8. The van der Waals surface area contributed by atoms with Crippen LogP contribution < -0.4 is 4.73 Å². The van der Waals surface area contributed by atoms with Crippen LogP contribution in [0.15, 0.2) is 24.4 Å². The molecule has 0 aliphatic heterocycles. The molecule has 1 rings (SSSR count). The van der Waals surface area contributed by atoms with Gasteiger partial charge in [0.05, 0.1) is 0 Å². The number of rotatable bonds is 1. The average molecular weight is 134 g/mol. The number of hydrogen-bond acceptors (Lipinski definition) is 1. The summed E-state index contributed by atoms with van der Waals surface area (Å²) in [7, 11) is 0. The number of pyridine rings is 1. The fraction of sp³-hybridized carbons (Fsp3) is 0.143. The third-order valence-electron chi connectivity index (χ3n) is 1.15. The molecule has 1 aromatic rings. The molecule has 0 atom stereocenters. The van der Waals surface area contributed by atoms with Gasteiger partial charge in [0.2, 0.25) is 0 Å². The topological polar surface area (TPSA) is 31.3 Å². The van der Waals surface area contributed by atoms with Crippen LogP contribution in [0.1, 0.15) is 5.69 Å². The molecule has 0 aliphatic rings. The van der Waals surface area contributed by atoms with Crippen LogP contribution in [0.4, 0.5) is 0 Å². The van der Waals surface area contributed by atoms with Gasteiger partial charge in [-0.2, -0.15) is 4.73 Å². The molecular formula is C7H6N2O. The Labute approximate surface area is 58.9 Å². The molecule has 0 N–H and O–H groups in total. The van der Waals surface area contributed by atoms with Crippen LogP contribution in [0.5, 0.6) is 0 Å². The molecule has 0 aromatic carbocycles. The summed E-state index contributed by atoms with van der Waals surface area (Å²) in [6.45, 7) is 6.67. The first kappa shape index (κ1) is 6.56. The lowest BCUT2D eigenvalue weighted by atomic mass is 10.3. The normalized spacial score (nSPS) is 8.70. The van der Waals surface area contributed by atoms with Crippen LogP contribution >= 0.6 is 0 Å². The van der Waals surface area contributed by atoms with Gasteiger partial charge in [-0.25, -0.2) is 6.57 Å². The van der Waals surface area contributed by atoms with Crippen molar-refractivity contribution in [3.8, 4) is 0 Å². The van der Waals surface area contributed by atoms with Crippen molar-refractivity contribution in [2.75, 3.05) is 0 Å². The molecule has 0 amide bonds. The zero-order chi connectivity index (χ0) is 7.40. The van der Waals surface area contributed by atoms with Crippen molar-refractivity contribution in [3.05, 3.63) is 46.7 Å². The highest BCUT2D eigenvalue weighted by atomic mass is 16.5. The minimum absolute atomic E-state index is 0.157. The molecule has 0 fully saturated rings. The number of hydrogen-bond donors (Lipinski definition) is 0. The molecule has 1 heterocycles. The van der Waals surface area contributed by atoms with Gasteiger partial charge < -0.3 is 10.1 Å². The molecule has 0 saturated heterocycles. The van der Waals surface area contributed by atoms with Crippen LogP contribution in [0.25, 0.3) is 4.85 Å². The van der Waals surface area contributed by atoms with E-state index < -0.39 is 0 Å². The fourth-order valence-corrected chi connectivity index (χ4v) is 0.667. The Morgan fingerprint density at radius 1 is 1.60 bits per heavy atom. The Bertz CT molecular complexity index is 265. The second kappa shape index (κ2) is 2.83. The lowest BCUT2D eigenvalue weighted by molar-refractivity contribution is -0.613. The van der Waals surface area contributed by atoms with Gasteiger partial charge >= 0.3 is 0 Å². The van der Waals surface area contributed by atoms with E-state index in [0.717, 1.165) is 0 Å². The van der Waals surface area contributed by atoms with E-state index in [2.05, 4.69) is 4.85 Å². The molecule has 3 heteroatoms. The standard InChI is InChI=1S/C7H6N2O/c1-8-6-7-4-2-3-5-9(7)10/h2-5H,6H2. The van der Waals surface area contributed by atoms with E-state index in [1.165, 1.54) is 6.20 Å². The van der Waals surface area contributed by atoms with Gasteiger partial charge in [-0.3, -0.25) is 0 Å². The second-order valence-electron chi connectivity index (χ2n) is 1.83. The lowest BCUT2D eigenvalue weighted by Gasteiger charge is -1.95. The molecule has 1 aromatic heterocycles. The van der Waals surface area contributed by atoms with Gasteiger partial charge in [-0.05, 0) is 6.07 Å². The lowest BCUT2D eigenvalue weighted by Crippen LogP contribution is -2.30. The second-order valence-corrected chi connectivity index (χ2v) is 1.83. The zero-order valence-electron chi connectivity index (χ0n) is 5.32. The summed E-state index contributed by atoms with van der Waals surface area (Å²) in [5, 5.41) is 10.8. The molecule has 0 bridgehead atoms. The van der Waals surface area contributed by atoms with Crippen molar-refractivity contribution in [1.82, 2.24) is 0 Å². The Morgan fingerprint density at radius 2 is 2.40 bits per heavy atom. The maximum atomic E-state index is 10.8. The van der Waals surface area contributed by atoms with E-state index >= 15 is 0 Å². The van der Waals surface area contributed by atoms with E-state index in [0.29, 0.717) is 10.4 Å². The van der Waals surface area contributed by atoms with Crippen LogP contribution in [0, 0.1) is 11.8 Å². The summed E-state index contributed by atoms with van der Waals surface area (Å²) in [4.78, 5) is 3.10. The summed E-state index contributed by atoms with van der Waals surface area (Å²) in [6.07, 6.45) is 1.39.